The first kappa shape index (κ1) is 18.2. The van der Waals surface area contributed by atoms with Gasteiger partial charge in [-0.2, -0.15) is 4.39 Å². The van der Waals surface area contributed by atoms with Gasteiger partial charge in [0, 0.05) is 16.6 Å². The molecule has 0 bridgehead atoms. The van der Waals surface area contributed by atoms with Crippen LogP contribution in [0.3, 0.4) is 0 Å². The predicted octanol–water partition coefficient (Wildman–Crippen LogP) is 3.02. The van der Waals surface area contributed by atoms with Crippen molar-refractivity contribution in [2.45, 2.75) is 32.2 Å². The zero-order valence-corrected chi connectivity index (χ0v) is 15.4. The van der Waals surface area contributed by atoms with Crippen LogP contribution in [0.15, 0.2) is 29.3 Å². The third-order valence-electron chi connectivity index (χ3n) is 4.68. The number of carbonyl (C=O) groups excluding carboxylic acids is 1. The number of carbonyl (C=O) groups is 1. The summed E-state index contributed by atoms with van der Waals surface area (Å²) < 4.78 is 14.6. The Hall–Kier alpha value is -3.14. The number of nitro groups is 1. The molecule has 4 rings (SSSR count). The van der Waals surface area contributed by atoms with Gasteiger partial charge in [0.25, 0.3) is 5.56 Å². The number of fused-ring (bicyclic) bond motifs is 3. The molecule has 0 saturated heterocycles. The summed E-state index contributed by atoms with van der Waals surface area (Å²) in [5.41, 5.74) is 0.105. The van der Waals surface area contributed by atoms with Crippen molar-refractivity contribution >= 4 is 38.8 Å². The molecule has 144 valence electrons. The average molecular weight is 402 g/mol. The van der Waals surface area contributed by atoms with E-state index in [1.54, 1.807) is 0 Å². The predicted molar refractivity (Wildman–Crippen MR) is 102 cm³/mol. The van der Waals surface area contributed by atoms with Crippen molar-refractivity contribution in [2.75, 3.05) is 5.32 Å². The number of hydrogen-bond acceptors (Lipinski definition) is 6. The van der Waals surface area contributed by atoms with Crippen molar-refractivity contribution in [3.05, 3.63) is 61.3 Å². The van der Waals surface area contributed by atoms with E-state index in [0.29, 0.717) is 10.2 Å². The molecule has 2 heterocycles. The summed E-state index contributed by atoms with van der Waals surface area (Å²) in [6, 6.07) is 3.07. The van der Waals surface area contributed by atoms with E-state index in [1.807, 2.05) is 0 Å². The summed E-state index contributed by atoms with van der Waals surface area (Å²) in [7, 11) is 0. The molecule has 10 heteroatoms. The Labute approximate surface area is 161 Å². The van der Waals surface area contributed by atoms with Crippen LogP contribution in [0.4, 0.5) is 15.8 Å². The molecule has 1 aliphatic carbocycles. The standard InChI is InChI=1S/C18H15FN4O4S/c19-12-6-5-10(7-13(12)23(26)27)21-15(24)8-22-9-20-17-16(18(22)25)11-3-1-2-4-14(11)28-17/h5-7,9H,1-4,8H2,(H,21,24). The van der Waals surface area contributed by atoms with E-state index in [0.717, 1.165) is 43.4 Å². The lowest BCUT2D eigenvalue weighted by atomic mass is 9.97. The van der Waals surface area contributed by atoms with Gasteiger partial charge in [0.2, 0.25) is 11.7 Å². The number of thiophene rings is 1. The molecule has 0 saturated carbocycles. The number of nitrogens with one attached hydrogen (secondary N) is 1. The van der Waals surface area contributed by atoms with Gasteiger partial charge >= 0.3 is 5.69 Å². The normalized spacial score (nSPS) is 13.3. The molecule has 0 atom stereocenters. The van der Waals surface area contributed by atoms with E-state index in [4.69, 9.17) is 0 Å². The molecule has 0 aliphatic heterocycles. The fourth-order valence-electron chi connectivity index (χ4n) is 3.38. The summed E-state index contributed by atoms with van der Waals surface area (Å²) in [6.07, 6.45) is 5.23. The maximum Gasteiger partial charge on any atom is 0.306 e. The number of aromatic nitrogens is 2. The Morgan fingerprint density at radius 3 is 2.93 bits per heavy atom. The third kappa shape index (κ3) is 3.26. The van der Waals surface area contributed by atoms with E-state index in [-0.39, 0.29) is 17.8 Å². The maximum atomic E-state index is 13.4. The number of hydrogen-bond donors (Lipinski definition) is 1. The lowest BCUT2D eigenvalue weighted by Crippen LogP contribution is -2.28. The number of nitro benzene ring substituents is 1. The van der Waals surface area contributed by atoms with Crippen molar-refractivity contribution in [1.29, 1.82) is 0 Å². The Morgan fingerprint density at radius 2 is 2.14 bits per heavy atom. The summed E-state index contributed by atoms with van der Waals surface area (Å²) in [6.45, 7) is -0.294. The Morgan fingerprint density at radius 1 is 1.36 bits per heavy atom. The molecule has 0 spiro atoms. The van der Waals surface area contributed by atoms with Crippen LogP contribution in [-0.2, 0) is 24.2 Å². The molecule has 1 aromatic carbocycles. The molecule has 3 aromatic rings. The number of aryl methyl sites for hydroxylation is 2. The molecular formula is C18H15FN4O4S. The Bertz CT molecular complexity index is 1170. The number of amides is 1. The Balaban J connectivity index is 1.59. The summed E-state index contributed by atoms with van der Waals surface area (Å²) in [4.78, 5) is 41.3. The summed E-state index contributed by atoms with van der Waals surface area (Å²) >= 11 is 1.53. The molecule has 0 fully saturated rings. The molecule has 28 heavy (non-hydrogen) atoms. The Kier molecular flexibility index (Phi) is 4.63. The lowest BCUT2D eigenvalue weighted by molar-refractivity contribution is -0.387. The largest absolute Gasteiger partial charge is 0.324 e. The highest BCUT2D eigenvalue weighted by Gasteiger charge is 2.21. The van der Waals surface area contributed by atoms with Gasteiger partial charge in [0.1, 0.15) is 11.4 Å². The van der Waals surface area contributed by atoms with Gasteiger partial charge in [-0.15, -0.1) is 11.3 Å². The van der Waals surface area contributed by atoms with E-state index in [9.17, 15) is 24.1 Å². The van der Waals surface area contributed by atoms with Gasteiger partial charge in [0.15, 0.2) is 0 Å². The third-order valence-corrected chi connectivity index (χ3v) is 5.88. The van der Waals surface area contributed by atoms with Gasteiger partial charge in [-0.1, -0.05) is 0 Å². The van der Waals surface area contributed by atoms with Crippen LogP contribution >= 0.6 is 11.3 Å². The number of rotatable bonds is 4. The van der Waals surface area contributed by atoms with Crippen LogP contribution in [0.2, 0.25) is 0 Å². The van der Waals surface area contributed by atoms with Crippen LogP contribution in [0, 0.1) is 15.9 Å². The molecule has 1 N–H and O–H groups in total. The average Bonchev–Trinajstić information content (AvgIpc) is 3.04. The molecule has 1 aliphatic rings. The van der Waals surface area contributed by atoms with Gasteiger partial charge < -0.3 is 5.32 Å². The van der Waals surface area contributed by atoms with Crippen LogP contribution in [0.5, 0.6) is 0 Å². The van der Waals surface area contributed by atoms with Crippen LogP contribution < -0.4 is 10.9 Å². The molecule has 1 amide bonds. The molecule has 8 nitrogen and oxygen atoms in total. The minimum atomic E-state index is -0.990. The molecule has 0 unspecified atom stereocenters. The van der Waals surface area contributed by atoms with Crippen molar-refractivity contribution in [3.63, 3.8) is 0 Å². The number of halogens is 1. The first-order valence-corrected chi connectivity index (χ1v) is 9.49. The fourth-order valence-corrected chi connectivity index (χ4v) is 4.60. The number of anilines is 1. The maximum absolute atomic E-state index is 13.4. The zero-order valence-electron chi connectivity index (χ0n) is 14.6. The number of benzene rings is 1. The highest BCUT2D eigenvalue weighted by atomic mass is 32.1. The topological polar surface area (TPSA) is 107 Å². The van der Waals surface area contributed by atoms with Crippen molar-refractivity contribution in [3.8, 4) is 0 Å². The molecule has 2 aromatic heterocycles. The van der Waals surface area contributed by atoms with Gasteiger partial charge in [-0.05, 0) is 43.4 Å². The van der Waals surface area contributed by atoms with Gasteiger partial charge in [0.05, 0.1) is 16.6 Å². The fraction of sp³-hybridized carbons (Fsp3) is 0.278. The van der Waals surface area contributed by atoms with Crippen molar-refractivity contribution < 1.29 is 14.1 Å². The summed E-state index contributed by atoms with van der Waals surface area (Å²) in [5, 5.41) is 13.8. The van der Waals surface area contributed by atoms with Crippen molar-refractivity contribution in [2.24, 2.45) is 0 Å². The molecule has 0 radical (unpaired) electrons. The number of nitrogens with zero attached hydrogens (tertiary/aromatic N) is 3. The van der Waals surface area contributed by atoms with Crippen molar-refractivity contribution in [1.82, 2.24) is 9.55 Å². The molecular weight excluding hydrogens is 387 g/mol. The van der Waals surface area contributed by atoms with Gasteiger partial charge in [-0.25, -0.2) is 4.98 Å². The zero-order chi connectivity index (χ0) is 19.8. The van der Waals surface area contributed by atoms with Crippen LogP contribution in [-0.4, -0.2) is 20.4 Å². The SMILES string of the molecule is O=C(Cn1cnc2sc3c(c2c1=O)CCCC3)Nc1ccc(F)c([N+](=O)[O-])c1. The second kappa shape index (κ2) is 7.12. The van der Waals surface area contributed by atoms with Crippen LogP contribution in [0.25, 0.3) is 10.2 Å². The summed E-state index contributed by atoms with van der Waals surface area (Å²) in [5.74, 6) is -1.55. The minimum Gasteiger partial charge on any atom is -0.324 e. The smallest absolute Gasteiger partial charge is 0.306 e. The van der Waals surface area contributed by atoms with E-state index in [2.05, 4.69) is 10.3 Å². The first-order chi connectivity index (χ1) is 13.4. The minimum absolute atomic E-state index is 0.0769. The quantitative estimate of drug-likeness (QED) is 0.533. The van der Waals surface area contributed by atoms with E-state index in [1.165, 1.54) is 33.2 Å². The first-order valence-electron chi connectivity index (χ1n) is 8.67. The monoisotopic (exact) mass is 402 g/mol. The highest BCUT2D eigenvalue weighted by Crippen LogP contribution is 2.33. The highest BCUT2D eigenvalue weighted by molar-refractivity contribution is 7.18. The second-order valence-corrected chi connectivity index (χ2v) is 7.62. The van der Waals surface area contributed by atoms with E-state index < -0.39 is 22.3 Å². The van der Waals surface area contributed by atoms with Crippen LogP contribution in [0.1, 0.15) is 23.3 Å². The van der Waals surface area contributed by atoms with Gasteiger partial charge in [-0.3, -0.25) is 24.3 Å². The van der Waals surface area contributed by atoms with E-state index >= 15 is 0 Å². The second-order valence-electron chi connectivity index (χ2n) is 6.54. The lowest BCUT2D eigenvalue weighted by Gasteiger charge is -2.10.